The van der Waals surface area contributed by atoms with Crippen LogP contribution in [0.25, 0.3) is 0 Å². The van der Waals surface area contributed by atoms with E-state index in [1.165, 1.54) is 0 Å². The molecule has 1 atom stereocenters. The summed E-state index contributed by atoms with van der Waals surface area (Å²) in [6, 6.07) is 14.5. The van der Waals surface area contributed by atoms with Crippen molar-refractivity contribution in [3.63, 3.8) is 0 Å². The van der Waals surface area contributed by atoms with Crippen LogP contribution in [0.4, 0.5) is 0 Å². The summed E-state index contributed by atoms with van der Waals surface area (Å²) in [4.78, 5) is 12.2. The highest BCUT2D eigenvalue weighted by Crippen LogP contribution is 2.24. The van der Waals surface area contributed by atoms with Gasteiger partial charge in [0.2, 0.25) is 0 Å². The minimum atomic E-state index is -0.155. The van der Waals surface area contributed by atoms with Gasteiger partial charge in [0.15, 0.2) is 5.78 Å². The molecule has 2 N–H and O–H groups in total. The van der Waals surface area contributed by atoms with Crippen LogP contribution in [-0.4, -0.2) is 5.78 Å². The first kappa shape index (κ1) is 15.0. The van der Waals surface area contributed by atoms with Gasteiger partial charge in [0.05, 0.1) is 5.02 Å². The Morgan fingerprint density at radius 2 is 1.80 bits per heavy atom. The summed E-state index contributed by atoms with van der Waals surface area (Å²) in [5.41, 5.74) is 7.56. The molecule has 0 heterocycles. The zero-order valence-corrected chi connectivity index (χ0v) is 12.4. The third-order valence-corrected chi connectivity index (χ3v) is 3.70. The molecule has 0 saturated heterocycles. The van der Waals surface area contributed by atoms with Gasteiger partial charge in [-0.2, -0.15) is 0 Å². The zero-order chi connectivity index (χ0) is 14.5. The van der Waals surface area contributed by atoms with Gasteiger partial charge in [0, 0.05) is 23.0 Å². The van der Waals surface area contributed by atoms with Gasteiger partial charge in [-0.25, -0.2) is 0 Å². The number of rotatable bonds is 5. The molecule has 0 aliphatic carbocycles. The van der Waals surface area contributed by atoms with Crippen LogP contribution in [0.1, 0.15) is 34.8 Å². The summed E-state index contributed by atoms with van der Waals surface area (Å²) >= 11 is 11.9. The molecule has 1 unspecified atom stereocenters. The first-order valence-electron chi connectivity index (χ1n) is 6.36. The summed E-state index contributed by atoms with van der Waals surface area (Å²) < 4.78 is 0. The maximum atomic E-state index is 12.2. The van der Waals surface area contributed by atoms with Crippen LogP contribution in [0, 0.1) is 0 Å². The molecule has 104 valence electrons. The number of carbonyl (C=O) groups excluding carboxylic acids is 1. The summed E-state index contributed by atoms with van der Waals surface area (Å²) in [5.74, 6) is -0.0381. The largest absolute Gasteiger partial charge is 0.324 e. The van der Waals surface area contributed by atoms with Crippen LogP contribution in [0.3, 0.4) is 0 Å². The third-order valence-electron chi connectivity index (χ3n) is 3.14. The first-order valence-corrected chi connectivity index (χ1v) is 7.12. The maximum absolute atomic E-state index is 12.2. The van der Waals surface area contributed by atoms with Crippen molar-refractivity contribution in [3.05, 3.63) is 69.7 Å². The summed E-state index contributed by atoms with van der Waals surface area (Å²) in [7, 11) is 0. The molecule has 0 fully saturated rings. The predicted octanol–water partition coefficient (Wildman–Crippen LogP) is 4.66. The summed E-state index contributed by atoms with van der Waals surface area (Å²) in [6.07, 6.45) is 0.918. The normalized spacial score (nSPS) is 12.2. The van der Waals surface area contributed by atoms with E-state index in [2.05, 4.69) is 0 Å². The lowest BCUT2D eigenvalue weighted by Crippen LogP contribution is -2.12. The van der Waals surface area contributed by atoms with E-state index in [9.17, 15) is 4.79 Å². The van der Waals surface area contributed by atoms with Crippen molar-refractivity contribution in [3.8, 4) is 0 Å². The standard InChI is InChI=1S/C16H15Cl2NO/c17-12-6-7-14(18)13(10-12)16(20)9-8-15(19)11-4-2-1-3-5-11/h1-7,10,15H,8-9,19H2. The Hall–Kier alpha value is -1.35. The van der Waals surface area contributed by atoms with Gasteiger partial charge in [0.25, 0.3) is 0 Å². The SMILES string of the molecule is NC(CCC(=O)c1cc(Cl)ccc1Cl)c1ccccc1. The average Bonchev–Trinajstić information content (AvgIpc) is 2.47. The van der Waals surface area contributed by atoms with Crippen molar-refractivity contribution in [2.45, 2.75) is 18.9 Å². The van der Waals surface area contributed by atoms with E-state index >= 15 is 0 Å². The number of hydrogen-bond donors (Lipinski definition) is 1. The average molecular weight is 308 g/mol. The van der Waals surface area contributed by atoms with E-state index in [1.54, 1.807) is 18.2 Å². The Morgan fingerprint density at radius 3 is 2.50 bits per heavy atom. The highest BCUT2D eigenvalue weighted by atomic mass is 35.5. The fourth-order valence-corrected chi connectivity index (χ4v) is 2.39. The topological polar surface area (TPSA) is 43.1 Å². The molecule has 0 radical (unpaired) electrons. The van der Waals surface area contributed by atoms with Gasteiger partial charge in [0.1, 0.15) is 0 Å². The predicted molar refractivity (Wildman–Crippen MR) is 83.4 cm³/mol. The van der Waals surface area contributed by atoms with Crippen molar-refractivity contribution in [1.29, 1.82) is 0 Å². The van der Waals surface area contributed by atoms with Crippen LogP contribution in [0.15, 0.2) is 48.5 Å². The quantitative estimate of drug-likeness (QED) is 0.817. The second-order valence-electron chi connectivity index (χ2n) is 4.60. The number of Topliss-reactive ketones (excluding diaryl/α,β-unsaturated/α-hetero) is 1. The van der Waals surface area contributed by atoms with Gasteiger partial charge in [-0.05, 0) is 30.2 Å². The Balaban J connectivity index is 2.00. The second kappa shape index (κ2) is 6.89. The van der Waals surface area contributed by atoms with E-state index < -0.39 is 0 Å². The van der Waals surface area contributed by atoms with Crippen LogP contribution < -0.4 is 5.73 Å². The minimum Gasteiger partial charge on any atom is -0.324 e. The number of hydrogen-bond acceptors (Lipinski definition) is 2. The highest BCUT2D eigenvalue weighted by molar-refractivity contribution is 6.35. The lowest BCUT2D eigenvalue weighted by atomic mass is 9.99. The molecule has 0 aliphatic rings. The molecular weight excluding hydrogens is 293 g/mol. The second-order valence-corrected chi connectivity index (χ2v) is 5.45. The number of benzene rings is 2. The molecule has 2 aromatic rings. The highest BCUT2D eigenvalue weighted by Gasteiger charge is 2.13. The number of nitrogens with two attached hydrogens (primary N) is 1. The Morgan fingerprint density at radius 1 is 1.10 bits per heavy atom. The monoisotopic (exact) mass is 307 g/mol. The molecule has 2 aromatic carbocycles. The van der Waals surface area contributed by atoms with Crippen LogP contribution in [0.2, 0.25) is 10.0 Å². The van der Waals surface area contributed by atoms with Crippen LogP contribution in [0.5, 0.6) is 0 Å². The summed E-state index contributed by atoms with van der Waals surface area (Å²) in [6.45, 7) is 0. The van der Waals surface area contributed by atoms with Gasteiger partial charge < -0.3 is 5.73 Å². The summed E-state index contributed by atoms with van der Waals surface area (Å²) in [5, 5.41) is 0.929. The fourth-order valence-electron chi connectivity index (χ4n) is 2.00. The van der Waals surface area contributed by atoms with Gasteiger partial charge in [-0.3, -0.25) is 4.79 Å². The van der Waals surface area contributed by atoms with Crippen molar-refractivity contribution in [1.82, 2.24) is 0 Å². The van der Waals surface area contributed by atoms with Crippen LogP contribution >= 0.6 is 23.2 Å². The fraction of sp³-hybridized carbons (Fsp3) is 0.188. The van der Waals surface area contributed by atoms with E-state index in [4.69, 9.17) is 28.9 Å². The Bertz CT molecular complexity index is 599. The van der Waals surface area contributed by atoms with Crippen molar-refractivity contribution >= 4 is 29.0 Å². The molecule has 4 heteroatoms. The molecule has 0 saturated carbocycles. The molecule has 0 aromatic heterocycles. The smallest absolute Gasteiger partial charge is 0.164 e. The Kier molecular flexibility index (Phi) is 5.18. The van der Waals surface area contributed by atoms with Crippen molar-refractivity contribution in [2.75, 3.05) is 0 Å². The minimum absolute atomic E-state index is 0.0381. The number of carbonyl (C=O) groups is 1. The van der Waals surface area contributed by atoms with Crippen molar-refractivity contribution in [2.24, 2.45) is 5.73 Å². The Labute approximate surface area is 128 Å². The van der Waals surface area contributed by atoms with E-state index in [0.717, 1.165) is 5.56 Å². The molecular formula is C16H15Cl2NO. The maximum Gasteiger partial charge on any atom is 0.164 e. The van der Waals surface area contributed by atoms with Gasteiger partial charge >= 0.3 is 0 Å². The van der Waals surface area contributed by atoms with E-state index in [-0.39, 0.29) is 11.8 Å². The van der Waals surface area contributed by atoms with E-state index in [1.807, 2.05) is 30.3 Å². The third kappa shape index (κ3) is 3.83. The van der Waals surface area contributed by atoms with E-state index in [0.29, 0.717) is 28.5 Å². The molecule has 20 heavy (non-hydrogen) atoms. The molecule has 2 rings (SSSR count). The van der Waals surface area contributed by atoms with Crippen molar-refractivity contribution < 1.29 is 4.79 Å². The molecule has 0 amide bonds. The molecule has 0 spiro atoms. The van der Waals surface area contributed by atoms with Gasteiger partial charge in [-0.15, -0.1) is 0 Å². The van der Waals surface area contributed by atoms with Crippen LogP contribution in [-0.2, 0) is 0 Å². The number of ketones is 1. The lowest BCUT2D eigenvalue weighted by molar-refractivity contribution is 0.0977. The lowest BCUT2D eigenvalue weighted by Gasteiger charge is -2.11. The number of halogens is 2. The van der Waals surface area contributed by atoms with Gasteiger partial charge in [-0.1, -0.05) is 53.5 Å². The first-order chi connectivity index (χ1) is 9.58. The molecule has 2 nitrogen and oxygen atoms in total. The zero-order valence-electron chi connectivity index (χ0n) is 10.9. The molecule has 0 aliphatic heterocycles. The molecule has 0 bridgehead atoms.